The molecule has 2 atom stereocenters. The molecule has 0 aliphatic carbocycles. The molecule has 0 radical (unpaired) electrons. The van der Waals surface area contributed by atoms with Gasteiger partial charge in [0, 0.05) is 12.8 Å². The molecule has 0 aromatic heterocycles. The highest BCUT2D eigenvalue weighted by Gasteiger charge is 2.20. The third kappa shape index (κ3) is 68.0. The second-order valence-corrected chi connectivity index (χ2v) is 26.7. The third-order valence-corrected chi connectivity index (χ3v) is 18.4. The molecule has 0 aromatic carbocycles. The zero-order chi connectivity index (χ0) is 59.2. The Morgan fingerprint density at radius 3 is 0.744 bits per heavy atom. The van der Waals surface area contributed by atoms with Gasteiger partial charge in [0.25, 0.3) is 0 Å². The fourth-order valence-electron chi connectivity index (χ4n) is 12.6. The number of hydrogen-bond donors (Lipinski definition) is 3. The Kier molecular flexibility index (Phi) is 71.3. The van der Waals surface area contributed by atoms with Gasteiger partial charge < -0.3 is 20.3 Å². The van der Waals surface area contributed by atoms with Crippen molar-refractivity contribution in [1.29, 1.82) is 0 Å². The fraction of sp³-hybridized carbons (Fsp3) is 0.974. The van der Waals surface area contributed by atoms with Crippen LogP contribution in [0.4, 0.5) is 0 Å². The number of carbonyl (C=O) groups is 2. The molecule has 0 saturated carbocycles. The van der Waals surface area contributed by atoms with Gasteiger partial charge >= 0.3 is 5.97 Å². The van der Waals surface area contributed by atoms with Crippen molar-refractivity contribution >= 4 is 11.9 Å². The molecular weight excluding hydrogens is 1010 g/mol. The summed E-state index contributed by atoms with van der Waals surface area (Å²) in [5.41, 5.74) is 0. The summed E-state index contributed by atoms with van der Waals surface area (Å²) in [6.45, 7) is 5.01. The first-order valence-corrected chi connectivity index (χ1v) is 38.3. The highest BCUT2D eigenvalue weighted by Crippen LogP contribution is 2.20. The highest BCUT2D eigenvalue weighted by molar-refractivity contribution is 5.76. The molecule has 0 heterocycles. The number of esters is 1. The topological polar surface area (TPSA) is 95.9 Å². The molecule has 0 spiro atoms. The highest BCUT2D eigenvalue weighted by atomic mass is 16.5. The van der Waals surface area contributed by atoms with Gasteiger partial charge in [-0.25, -0.2) is 0 Å². The largest absolute Gasteiger partial charge is 0.466 e. The fourth-order valence-corrected chi connectivity index (χ4v) is 12.6. The number of amides is 1. The molecule has 6 nitrogen and oxygen atoms in total. The van der Waals surface area contributed by atoms with Gasteiger partial charge in [-0.05, 0) is 25.7 Å². The number of carbonyl (C=O) groups excluding carboxylic acids is 2. The smallest absolute Gasteiger partial charge is 0.305 e. The lowest BCUT2D eigenvalue weighted by Crippen LogP contribution is -2.45. The predicted octanol–water partition coefficient (Wildman–Crippen LogP) is 24.9. The number of unbranched alkanes of at least 4 members (excludes halogenated alkanes) is 62. The van der Waals surface area contributed by atoms with Crippen LogP contribution in [-0.2, 0) is 14.3 Å². The Labute approximate surface area is 515 Å². The van der Waals surface area contributed by atoms with E-state index >= 15 is 0 Å². The SMILES string of the molecule is CCCCCCCCCCCCCCCCCCCCCCCC(O)C(CO)NC(=O)CCCCCCCCCCCCCCCCCCCCCCCCCCCCCCCCCOC(=O)CCCCCCCCCCCCCCC. The monoisotopic (exact) mass is 1160 g/mol. The summed E-state index contributed by atoms with van der Waals surface area (Å²) in [4.78, 5) is 24.6. The van der Waals surface area contributed by atoms with Crippen molar-refractivity contribution < 1.29 is 24.5 Å². The van der Waals surface area contributed by atoms with Crippen LogP contribution in [0.3, 0.4) is 0 Å². The van der Waals surface area contributed by atoms with E-state index in [1.807, 2.05) is 0 Å². The Morgan fingerprint density at radius 2 is 0.500 bits per heavy atom. The van der Waals surface area contributed by atoms with E-state index in [1.165, 1.54) is 379 Å². The Hall–Kier alpha value is -1.14. The first-order valence-electron chi connectivity index (χ1n) is 38.3. The summed E-state index contributed by atoms with van der Waals surface area (Å²) in [7, 11) is 0. The van der Waals surface area contributed by atoms with Crippen molar-refractivity contribution in [3.05, 3.63) is 0 Å². The number of nitrogens with one attached hydrogen (secondary N) is 1. The van der Waals surface area contributed by atoms with Crippen LogP contribution in [0.1, 0.15) is 450 Å². The van der Waals surface area contributed by atoms with E-state index in [4.69, 9.17) is 4.74 Å². The number of aliphatic hydroxyl groups excluding tert-OH is 2. The Morgan fingerprint density at radius 1 is 0.293 bits per heavy atom. The Bertz CT molecular complexity index is 1200. The van der Waals surface area contributed by atoms with Crippen molar-refractivity contribution in [3.8, 4) is 0 Å². The van der Waals surface area contributed by atoms with Gasteiger partial charge in [0.05, 0.1) is 25.4 Å². The molecule has 2 unspecified atom stereocenters. The van der Waals surface area contributed by atoms with Gasteiger partial charge in [0.2, 0.25) is 5.91 Å². The lowest BCUT2D eigenvalue weighted by molar-refractivity contribution is -0.143. The van der Waals surface area contributed by atoms with Crippen LogP contribution in [0.2, 0.25) is 0 Å². The minimum absolute atomic E-state index is 0.0236. The molecule has 0 aromatic rings. The van der Waals surface area contributed by atoms with E-state index < -0.39 is 12.1 Å². The minimum atomic E-state index is -0.661. The maximum Gasteiger partial charge on any atom is 0.305 e. The van der Waals surface area contributed by atoms with Crippen LogP contribution in [0.5, 0.6) is 0 Å². The summed E-state index contributed by atoms with van der Waals surface area (Å²) in [5.74, 6) is -0.00121. The van der Waals surface area contributed by atoms with E-state index in [0.717, 1.165) is 38.5 Å². The van der Waals surface area contributed by atoms with Gasteiger partial charge in [-0.3, -0.25) is 9.59 Å². The second-order valence-electron chi connectivity index (χ2n) is 26.7. The summed E-state index contributed by atoms with van der Waals surface area (Å²) in [6.07, 6.45) is 89.0. The molecule has 0 aliphatic rings. The maximum absolute atomic E-state index is 12.6. The minimum Gasteiger partial charge on any atom is -0.466 e. The molecule has 0 saturated heterocycles. The zero-order valence-electron chi connectivity index (χ0n) is 56.3. The van der Waals surface area contributed by atoms with Gasteiger partial charge in [-0.2, -0.15) is 0 Å². The van der Waals surface area contributed by atoms with Crippen molar-refractivity contribution in [3.63, 3.8) is 0 Å². The molecule has 0 fully saturated rings. The first kappa shape index (κ1) is 80.9. The van der Waals surface area contributed by atoms with Crippen molar-refractivity contribution in [2.45, 2.75) is 463 Å². The molecule has 0 aliphatic heterocycles. The summed E-state index contributed by atoms with van der Waals surface area (Å²) in [6, 6.07) is -0.538. The molecule has 82 heavy (non-hydrogen) atoms. The molecular formula is C76H151NO5. The number of rotatable bonds is 73. The lowest BCUT2D eigenvalue weighted by atomic mass is 10.0. The van der Waals surface area contributed by atoms with Crippen LogP contribution in [0.15, 0.2) is 0 Å². The van der Waals surface area contributed by atoms with Crippen molar-refractivity contribution in [1.82, 2.24) is 5.32 Å². The second kappa shape index (κ2) is 72.3. The quantitative estimate of drug-likeness (QED) is 0.0417. The summed E-state index contributed by atoms with van der Waals surface area (Å²) in [5, 5.41) is 23.4. The molecule has 0 bridgehead atoms. The van der Waals surface area contributed by atoms with Crippen LogP contribution >= 0.6 is 0 Å². The summed E-state index contributed by atoms with van der Waals surface area (Å²) >= 11 is 0. The van der Waals surface area contributed by atoms with E-state index in [0.29, 0.717) is 25.9 Å². The van der Waals surface area contributed by atoms with Gasteiger partial charge in [-0.15, -0.1) is 0 Å². The normalized spacial score (nSPS) is 12.4. The van der Waals surface area contributed by atoms with E-state index in [9.17, 15) is 19.8 Å². The molecule has 0 rings (SSSR count). The van der Waals surface area contributed by atoms with Crippen LogP contribution in [0, 0.1) is 0 Å². The zero-order valence-corrected chi connectivity index (χ0v) is 56.3. The average Bonchev–Trinajstić information content (AvgIpc) is 3.48. The Balaban J connectivity index is 3.32. The van der Waals surface area contributed by atoms with Crippen molar-refractivity contribution in [2.75, 3.05) is 13.2 Å². The van der Waals surface area contributed by atoms with Gasteiger partial charge in [0.15, 0.2) is 0 Å². The molecule has 3 N–H and O–H groups in total. The maximum atomic E-state index is 12.6. The van der Waals surface area contributed by atoms with Crippen LogP contribution in [0.25, 0.3) is 0 Å². The van der Waals surface area contributed by atoms with E-state index in [-0.39, 0.29) is 18.5 Å². The van der Waals surface area contributed by atoms with E-state index in [1.54, 1.807) is 0 Å². The van der Waals surface area contributed by atoms with Gasteiger partial charge in [0.1, 0.15) is 0 Å². The lowest BCUT2D eigenvalue weighted by Gasteiger charge is -2.22. The van der Waals surface area contributed by atoms with Gasteiger partial charge in [-0.1, -0.05) is 412 Å². The van der Waals surface area contributed by atoms with E-state index in [2.05, 4.69) is 19.2 Å². The standard InChI is InChI=1S/C76H151NO5/c1-3-5-7-9-11-13-15-17-18-19-20-32-35-38-41-45-48-52-56-60-64-68-74(79)73(72-78)77-75(80)69-65-61-57-53-49-46-42-39-36-33-30-28-26-24-22-21-23-25-27-29-31-34-37-40-43-47-51-55-59-63-67-71-82-76(81)70-66-62-58-54-50-44-16-14-12-10-8-6-4-2/h73-74,78-79H,3-72H2,1-2H3,(H,77,80). The first-order chi connectivity index (χ1) is 40.5. The average molecular weight is 1160 g/mol. The number of ether oxygens (including phenoxy) is 1. The van der Waals surface area contributed by atoms with Crippen molar-refractivity contribution in [2.24, 2.45) is 0 Å². The molecule has 1 amide bonds. The number of hydrogen-bond acceptors (Lipinski definition) is 5. The molecule has 6 heteroatoms. The molecule has 490 valence electrons. The summed E-state index contributed by atoms with van der Waals surface area (Å²) < 4.78 is 5.50. The van der Waals surface area contributed by atoms with Crippen LogP contribution < -0.4 is 5.32 Å². The predicted molar refractivity (Wildman–Crippen MR) is 361 cm³/mol. The third-order valence-electron chi connectivity index (χ3n) is 18.4. The van der Waals surface area contributed by atoms with Crippen LogP contribution in [-0.4, -0.2) is 47.4 Å². The number of aliphatic hydroxyl groups is 2.